The van der Waals surface area contributed by atoms with Gasteiger partial charge in [-0.1, -0.05) is 39.0 Å². The van der Waals surface area contributed by atoms with Crippen molar-refractivity contribution in [1.82, 2.24) is 19.6 Å². The number of alkyl halides is 9. The number of fused-ring (bicyclic) bond motifs is 1. The number of anilines is 2. The third kappa shape index (κ3) is 16.6. The molecule has 1 aliphatic heterocycles. The van der Waals surface area contributed by atoms with Crippen LogP contribution in [0.5, 0.6) is 0 Å². The maximum Gasteiger partial charge on any atom is 0.490 e. The molecule has 4 heterocycles. The van der Waals surface area contributed by atoms with Gasteiger partial charge in [0.05, 0.1) is 6.20 Å². The van der Waals surface area contributed by atoms with E-state index in [1.165, 1.54) is 11.3 Å². The maximum absolute atomic E-state index is 12.7. The minimum atomic E-state index is -6.06. The Bertz CT molecular complexity index is 1800. The summed E-state index contributed by atoms with van der Waals surface area (Å²) < 4.78 is 96.1. The van der Waals surface area contributed by atoms with E-state index in [-0.39, 0.29) is 24.3 Å². The lowest BCUT2D eigenvalue weighted by molar-refractivity contribution is -0.339. The summed E-state index contributed by atoms with van der Waals surface area (Å²) in [5.74, 6) is -0.857. The van der Waals surface area contributed by atoms with E-state index in [2.05, 4.69) is 53.1 Å². The number of halogens is 9. The molecule has 0 radical (unpaired) electrons. The van der Waals surface area contributed by atoms with Crippen LogP contribution in [0.25, 0.3) is 5.65 Å². The van der Waals surface area contributed by atoms with E-state index < -0.39 is 24.5 Å². The molecular weight excluding hydrogens is 775 g/mol. The Labute approximate surface area is 312 Å². The van der Waals surface area contributed by atoms with Crippen molar-refractivity contribution in [3.8, 4) is 0 Å². The molecule has 1 fully saturated rings. The molecule has 5 rings (SSSR count). The lowest BCUT2D eigenvalue weighted by Crippen LogP contribution is -2.35. The number of rotatable bonds is 5. The van der Waals surface area contributed by atoms with Gasteiger partial charge in [0, 0.05) is 30.5 Å². The van der Waals surface area contributed by atoms with Gasteiger partial charge in [0.1, 0.15) is 5.82 Å². The number of aromatic nitrogens is 4. The van der Waals surface area contributed by atoms with E-state index in [0.29, 0.717) is 22.9 Å². The van der Waals surface area contributed by atoms with Gasteiger partial charge >= 0.3 is 24.5 Å². The summed E-state index contributed by atoms with van der Waals surface area (Å²) in [6.45, 7) is 7.91. The van der Waals surface area contributed by atoms with Crippen LogP contribution >= 0.6 is 0 Å². The quantitative estimate of drug-likeness (QED) is 0.117. The predicted octanol–water partition coefficient (Wildman–Crippen LogP) is 7.28. The van der Waals surface area contributed by atoms with Crippen molar-refractivity contribution in [3.05, 3.63) is 83.8 Å². The van der Waals surface area contributed by atoms with E-state index >= 15 is 0 Å². The first-order valence-corrected chi connectivity index (χ1v) is 15.9. The summed E-state index contributed by atoms with van der Waals surface area (Å²) in [4.78, 5) is 49.7. The van der Waals surface area contributed by atoms with Crippen molar-refractivity contribution in [2.45, 2.75) is 64.0 Å². The molecule has 4 aromatic rings. The number of piperidine rings is 1. The van der Waals surface area contributed by atoms with Crippen molar-refractivity contribution < 1.29 is 74.0 Å². The number of carbonyl (C=O) groups excluding carboxylic acids is 1. The highest BCUT2D eigenvalue weighted by Gasteiger charge is 2.58. The monoisotopic (exact) mass is 812 g/mol. The van der Waals surface area contributed by atoms with Gasteiger partial charge < -0.3 is 25.5 Å². The topological polar surface area (TPSA) is 187 Å². The Morgan fingerprint density at radius 2 is 1.36 bits per heavy atom. The first kappa shape index (κ1) is 48.1. The van der Waals surface area contributed by atoms with Crippen LogP contribution < -0.4 is 10.2 Å². The molecule has 0 unspecified atom stereocenters. The summed E-state index contributed by atoms with van der Waals surface area (Å²) in [5, 5.41) is 28.6. The number of aliphatic carboxylic acids is 1. The van der Waals surface area contributed by atoms with Crippen LogP contribution in [0.15, 0.2) is 67.0 Å². The molecule has 0 bridgehead atoms. The van der Waals surface area contributed by atoms with Gasteiger partial charge in [-0.25, -0.2) is 14.3 Å². The van der Waals surface area contributed by atoms with E-state index in [4.69, 9.17) is 34.8 Å². The summed E-state index contributed by atoms with van der Waals surface area (Å²) in [7, 11) is 0. The first-order valence-electron chi connectivity index (χ1n) is 15.9. The number of nitrogens with one attached hydrogen (secondary N) is 1. The highest BCUT2D eigenvalue weighted by Crippen LogP contribution is 2.36. The molecule has 0 atom stereocenters. The Balaban J connectivity index is 0.000000616. The van der Waals surface area contributed by atoms with Crippen molar-refractivity contribution in [3.63, 3.8) is 0 Å². The maximum atomic E-state index is 12.7. The van der Waals surface area contributed by atoms with Crippen LogP contribution in [-0.4, -0.2) is 91.3 Å². The van der Waals surface area contributed by atoms with Gasteiger partial charge in [0.15, 0.2) is 11.5 Å². The van der Waals surface area contributed by atoms with Gasteiger partial charge in [-0.3, -0.25) is 19.4 Å². The fourth-order valence-corrected chi connectivity index (χ4v) is 4.59. The normalized spacial score (nSPS) is 13.2. The second-order valence-electron chi connectivity index (χ2n) is 12.4. The molecule has 1 saturated heterocycles. The highest BCUT2D eigenvalue weighted by molar-refractivity contribution is 6.03. The summed E-state index contributed by atoms with van der Waals surface area (Å²) in [6, 6.07) is 17.8. The van der Waals surface area contributed by atoms with Crippen molar-refractivity contribution in [2.24, 2.45) is 5.92 Å². The molecule has 4 N–H and O–H groups in total. The molecule has 1 aliphatic rings. The number of nitrogens with zero attached hydrogens (tertiary/aromatic N) is 5. The molecule has 22 heteroatoms. The van der Waals surface area contributed by atoms with Crippen molar-refractivity contribution >= 4 is 42.1 Å². The molecule has 1 amide bonds. The number of hydrogen-bond acceptors (Lipinski definition) is 8. The van der Waals surface area contributed by atoms with Gasteiger partial charge in [-0.15, -0.1) is 5.10 Å². The average molecular weight is 813 g/mol. The summed E-state index contributed by atoms with van der Waals surface area (Å²) in [6.07, 6.45) is -10.3. The molecule has 3 aromatic heterocycles. The van der Waals surface area contributed by atoms with E-state index in [0.717, 1.165) is 38.2 Å². The Hall–Kier alpha value is -5.96. The summed E-state index contributed by atoms with van der Waals surface area (Å²) >= 11 is 0. The number of carbonyl (C=O) groups is 4. The van der Waals surface area contributed by atoms with Crippen molar-refractivity contribution in [1.29, 1.82) is 0 Å². The molecule has 0 aliphatic carbocycles. The van der Waals surface area contributed by atoms with Gasteiger partial charge in [-0.05, 0) is 72.6 Å². The van der Waals surface area contributed by atoms with Crippen LogP contribution in [0, 0.1) is 5.92 Å². The van der Waals surface area contributed by atoms with E-state index in [9.17, 15) is 44.3 Å². The third-order valence-electron chi connectivity index (χ3n) is 7.29. The van der Waals surface area contributed by atoms with Crippen molar-refractivity contribution in [2.75, 3.05) is 23.3 Å². The van der Waals surface area contributed by atoms with Gasteiger partial charge in [0.25, 0.3) is 18.9 Å². The number of imidazole rings is 1. The molecule has 56 heavy (non-hydrogen) atoms. The van der Waals surface area contributed by atoms with Crippen LogP contribution in [0.3, 0.4) is 0 Å². The number of carboxylic acids is 1. The van der Waals surface area contributed by atoms with Gasteiger partial charge in [-0.2, -0.15) is 39.5 Å². The SMILES string of the molecule is CC(C)(C)c1ccc(C(=O)Nc2cn3nc(N4CCC(Cc5ccccn5)CC4)ccc3n2)cc1.FC(F)(F)C(F)(F)F.O=C(O)C(F)(F)F.O=CO.O=CO. The molecule has 0 spiro atoms. The zero-order valence-corrected chi connectivity index (χ0v) is 29.7. The third-order valence-corrected chi connectivity index (χ3v) is 7.29. The number of amides is 1. The molecular formula is C34H37F9N6O7. The lowest BCUT2D eigenvalue weighted by atomic mass is 9.87. The zero-order valence-electron chi connectivity index (χ0n) is 29.7. The Kier molecular flexibility index (Phi) is 18.2. The van der Waals surface area contributed by atoms with E-state index in [1.807, 2.05) is 48.7 Å². The van der Waals surface area contributed by atoms with Crippen LogP contribution in [0.1, 0.15) is 55.2 Å². The largest absolute Gasteiger partial charge is 0.490 e. The molecule has 13 nitrogen and oxygen atoms in total. The minimum Gasteiger partial charge on any atom is -0.483 e. The minimum absolute atomic E-state index is 0.0500. The fourth-order valence-electron chi connectivity index (χ4n) is 4.59. The van der Waals surface area contributed by atoms with Crippen LogP contribution in [0.2, 0.25) is 0 Å². The first-order chi connectivity index (χ1) is 25.9. The average Bonchev–Trinajstić information content (AvgIpc) is 3.50. The van der Waals surface area contributed by atoms with Crippen LogP contribution in [-0.2, 0) is 26.2 Å². The van der Waals surface area contributed by atoms with Gasteiger partial charge in [0.2, 0.25) is 0 Å². The smallest absolute Gasteiger partial charge is 0.483 e. The number of benzene rings is 1. The second-order valence-corrected chi connectivity index (χ2v) is 12.4. The molecule has 308 valence electrons. The number of carboxylic acid groups (broad SMARTS) is 3. The Morgan fingerprint density at radius 3 is 1.79 bits per heavy atom. The van der Waals surface area contributed by atoms with Crippen LogP contribution in [0.4, 0.5) is 51.1 Å². The molecule has 1 aromatic carbocycles. The highest BCUT2D eigenvalue weighted by atomic mass is 19.5. The number of hydrogen-bond donors (Lipinski definition) is 4. The fraction of sp³-hybridized carbons (Fsp3) is 0.382. The predicted molar refractivity (Wildman–Crippen MR) is 182 cm³/mol. The standard InChI is InChI=1S/C28H32N6O.C2F6.C2HF3O2.2CH2O2/c1-28(2,3)22-9-7-21(8-10-22)27(35)31-24-19-34-25(30-24)11-12-26(32-34)33-16-13-20(14-17-33)18-23-6-4-5-15-29-23;3-1(4,5)2(6,7)8;3-2(4,5)1(6)7;2*2-1-3/h4-12,15,19-20H,13-14,16-18H2,1-3H3,(H,31,35);;(H,6,7);2*1H,(H,2,3). The van der Waals surface area contributed by atoms with E-state index in [1.54, 1.807) is 10.7 Å². The Morgan fingerprint density at radius 1 is 0.839 bits per heavy atom. The second kappa shape index (κ2) is 21.2. The molecule has 0 saturated carbocycles. The number of pyridine rings is 1. The lowest BCUT2D eigenvalue weighted by Gasteiger charge is -2.32. The zero-order chi connectivity index (χ0) is 42.9. The summed E-state index contributed by atoms with van der Waals surface area (Å²) in [5.41, 5.74) is 3.73.